The second-order valence-electron chi connectivity index (χ2n) is 29.9. The summed E-state index contributed by atoms with van der Waals surface area (Å²) in [4.78, 5) is 4.92. The average Bonchev–Trinajstić information content (AvgIpc) is 1.70. The van der Waals surface area contributed by atoms with Crippen LogP contribution in [-0.2, 0) is 0 Å². The summed E-state index contributed by atoms with van der Waals surface area (Å²) in [5, 5.41) is 2.26. The van der Waals surface area contributed by atoms with Crippen LogP contribution in [0.5, 0.6) is 46.0 Å². The van der Waals surface area contributed by atoms with Crippen molar-refractivity contribution < 1.29 is 18.9 Å². The Morgan fingerprint density at radius 2 is 0.430 bits per heavy atom. The van der Waals surface area contributed by atoms with Crippen LogP contribution in [0.15, 0.2) is 479 Å². The van der Waals surface area contributed by atoms with E-state index in [1.807, 2.05) is 78.9 Å². The maximum atomic E-state index is 7.59. The van der Waals surface area contributed by atoms with Crippen LogP contribution in [0.1, 0.15) is 0 Å². The SMILES string of the molecule is c1ccc(-c2ccc(Oc3cc(Oc4ccc(-c5ccccc5)cc4)cc(Oc4cc(Oc5cccc(-c6ccccc6)c5)cc(N(c5cc(N(c6cccc(-c7ccccc7)c6)c6c(-c7ccccc7)cccc6-c6ccccc6)cc(-n6c7ccccc7c7ccccc76)c5)c5c(-c6ccccc6)cccc5-c5ccccc5)c4)c3)cc2)cc1. The molecular weight excluding hydrogens is 1480 g/mol. The van der Waals surface area contributed by atoms with Crippen molar-refractivity contribution in [3.8, 4) is 141 Å². The van der Waals surface area contributed by atoms with Gasteiger partial charge in [-0.3, -0.25) is 0 Å². The summed E-state index contributed by atoms with van der Waals surface area (Å²) in [5.41, 5.74) is 25.0. The van der Waals surface area contributed by atoms with Crippen LogP contribution >= 0.6 is 0 Å². The fourth-order valence-corrected chi connectivity index (χ4v) is 16.5. The molecule has 20 aromatic rings. The first kappa shape index (κ1) is 73.7. The molecule has 0 aliphatic carbocycles. The number of hydrogen-bond acceptors (Lipinski definition) is 6. The fraction of sp³-hybridized carbons (Fsp3) is 0. The highest BCUT2D eigenvalue weighted by molar-refractivity contribution is 6.10. The maximum absolute atomic E-state index is 7.59. The van der Waals surface area contributed by atoms with E-state index in [2.05, 4.69) is 415 Å². The zero-order chi connectivity index (χ0) is 80.6. The smallest absolute Gasteiger partial charge is 0.134 e. The highest BCUT2D eigenvalue weighted by Crippen LogP contribution is 2.54. The molecule has 19 aromatic carbocycles. The van der Waals surface area contributed by atoms with Crippen LogP contribution in [-0.4, -0.2) is 4.57 Å². The van der Waals surface area contributed by atoms with Gasteiger partial charge >= 0.3 is 0 Å². The molecule has 1 heterocycles. The summed E-state index contributed by atoms with van der Waals surface area (Å²) < 4.78 is 31.3. The quantitative estimate of drug-likeness (QED) is 0.0636. The molecule has 0 saturated heterocycles. The van der Waals surface area contributed by atoms with Gasteiger partial charge in [0.2, 0.25) is 0 Å². The van der Waals surface area contributed by atoms with Crippen LogP contribution in [0.25, 0.3) is 117 Å². The molecule has 0 aliphatic rings. The van der Waals surface area contributed by atoms with Gasteiger partial charge in [0.15, 0.2) is 0 Å². The van der Waals surface area contributed by atoms with Crippen molar-refractivity contribution in [3.63, 3.8) is 0 Å². The van der Waals surface area contributed by atoms with Crippen molar-refractivity contribution in [1.82, 2.24) is 4.57 Å². The monoisotopic (exact) mass is 1550 g/mol. The number of benzene rings is 19. The lowest BCUT2D eigenvalue weighted by Gasteiger charge is -2.34. The van der Waals surface area contributed by atoms with Gasteiger partial charge in [-0.25, -0.2) is 0 Å². The molecule has 121 heavy (non-hydrogen) atoms. The van der Waals surface area contributed by atoms with Gasteiger partial charge < -0.3 is 33.3 Å². The Bertz CT molecular complexity index is 6760. The first-order valence-corrected chi connectivity index (χ1v) is 40.8. The third-order valence-corrected chi connectivity index (χ3v) is 22.1. The molecule has 0 bridgehead atoms. The molecule has 7 heteroatoms. The molecule has 574 valence electrons. The molecule has 0 spiro atoms. The molecule has 0 amide bonds. The summed E-state index contributed by atoms with van der Waals surface area (Å²) in [5.74, 6) is 4.30. The summed E-state index contributed by atoms with van der Waals surface area (Å²) in [6.45, 7) is 0. The number of fused-ring (bicyclic) bond motifs is 3. The molecule has 0 saturated carbocycles. The Hall–Kier alpha value is -16.2. The zero-order valence-electron chi connectivity index (χ0n) is 66.1. The molecular formula is C114H79N3O4. The minimum Gasteiger partial charge on any atom is -0.457 e. The summed E-state index contributed by atoms with van der Waals surface area (Å²) in [6, 6.07) is 169. The highest BCUT2D eigenvalue weighted by atomic mass is 16.5. The Morgan fingerprint density at radius 3 is 0.818 bits per heavy atom. The van der Waals surface area contributed by atoms with E-state index in [4.69, 9.17) is 18.9 Å². The van der Waals surface area contributed by atoms with Gasteiger partial charge in [-0.1, -0.05) is 364 Å². The molecule has 0 atom stereocenters. The predicted molar refractivity (Wildman–Crippen MR) is 500 cm³/mol. The number of aromatic nitrogens is 1. The van der Waals surface area contributed by atoms with Crippen LogP contribution in [0, 0.1) is 0 Å². The van der Waals surface area contributed by atoms with Crippen molar-refractivity contribution in [2.24, 2.45) is 0 Å². The topological polar surface area (TPSA) is 48.3 Å². The normalized spacial score (nSPS) is 11.1. The fourth-order valence-electron chi connectivity index (χ4n) is 16.5. The highest BCUT2D eigenvalue weighted by Gasteiger charge is 2.30. The summed E-state index contributed by atoms with van der Waals surface area (Å²) >= 11 is 0. The van der Waals surface area contributed by atoms with Crippen molar-refractivity contribution in [2.75, 3.05) is 9.80 Å². The Morgan fingerprint density at radius 1 is 0.157 bits per heavy atom. The van der Waals surface area contributed by atoms with Gasteiger partial charge in [-0.2, -0.15) is 0 Å². The lowest BCUT2D eigenvalue weighted by molar-refractivity contribution is 0.436. The van der Waals surface area contributed by atoms with Crippen molar-refractivity contribution in [3.05, 3.63) is 479 Å². The number of rotatable bonds is 23. The average molecular weight is 1550 g/mol. The molecule has 0 fully saturated rings. The third kappa shape index (κ3) is 15.7. The standard InChI is InChI=1S/C114H79N3O4/c1-9-33-80(34-10-1)84-61-65-97(66-62-84)118-102-77-103(119-98-67-63-85(64-68-98)81-35-11-2-12-36-81)79-104(78-102)121-101-75-96(74-100(76-101)120-99-52-30-50-91(70-99)83-39-15-4-16-40-83)116(114-107(88-45-21-7-22-46-88)57-32-58-108(114)89-47-23-8-24-48-89)94-71-93(72-95(73-94)117-111-59-27-25-53-109(111)110-54-26-28-60-112(110)117)115(92-51-29-49-90(69-92)82-37-13-3-14-38-82)113-105(86-41-17-5-18-42-86)55-31-56-106(113)87-43-19-6-20-44-87/h1-79H. The van der Waals surface area contributed by atoms with Crippen molar-refractivity contribution in [1.29, 1.82) is 0 Å². The third-order valence-electron chi connectivity index (χ3n) is 22.1. The van der Waals surface area contributed by atoms with Gasteiger partial charge in [-0.15, -0.1) is 0 Å². The molecule has 0 aliphatic heterocycles. The van der Waals surface area contributed by atoms with Gasteiger partial charge in [-0.05, 0) is 146 Å². The molecule has 7 nitrogen and oxygen atoms in total. The van der Waals surface area contributed by atoms with E-state index in [0.717, 1.165) is 145 Å². The van der Waals surface area contributed by atoms with E-state index in [1.165, 1.54) is 0 Å². The first-order chi connectivity index (χ1) is 59.9. The van der Waals surface area contributed by atoms with Crippen molar-refractivity contribution >= 4 is 55.9 Å². The second-order valence-corrected chi connectivity index (χ2v) is 29.9. The van der Waals surface area contributed by atoms with Gasteiger partial charge in [0, 0.05) is 75.1 Å². The molecule has 1 aromatic heterocycles. The molecule has 0 radical (unpaired) electrons. The van der Waals surface area contributed by atoms with E-state index in [9.17, 15) is 0 Å². The van der Waals surface area contributed by atoms with Gasteiger partial charge in [0.05, 0.1) is 45.2 Å². The predicted octanol–water partition coefficient (Wildman–Crippen LogP) is 32.2. The molecule has 0 unspecified atom stereocenters. The number of ether oxygens (including phenoxy) is 4. The number of hydrogen-bond donors (Lipinski definition) is 0. The van der Waals surface area contributed by atoms with E-state index >= 15 is 0 Å². The van der Waals surface area contributed by atoms with Crippen LogP contribution in [0.3, 0.4) is 0 Å². The number of nitrogens with zero attached hydrogens (tertiary/aromatic N) is 3. The maximum Gasteiger partial charge on any atom is 0.134 e. The van der Waals surface area contributed by atoms with E-state index < -0.39 is 0 Å². The minimum atomic E-state index is 0.444. The van der Waals surface area contributed by atoms with E-state index in [1.54, 1.807) is 0 Å². The van der Waals surface area contributed by atoms with Gasteiger partial charge in [0.1, 0.15) is 46.0 Å². The lowest BCUT2D eigenvalue weighted by atomic mass is 9.93. The van der Waals surface area contributed by atoms with E-state index in [-0.39, 0.29) is 0 Å². The first-order valence-electron chi connectivity index (χ1n) is 40.8. The molecule has 20 rings (SSSR count). The lowest BCUT2D eigenvalue weighted by Crippen LogP contribution is -2.17. The number of para-hydroxylation sites is 4. The number of anilines is 6. The van der Waals surface area contributed by atoms with Crippen molar-refractivity contribution in [2.45, 2.75) is 0 Å². The summed E-state index contributed by atoms with van der Waals surface area (Å²) in [7, 11) is 0. The van der Waals surface area contributed by atoms with Gasteiger partial charge in [0.25, 0.3) is 0 Å². The van der Waals surface area contributed by atoms with Crippen LogP contribution in [0.4, 0.5) is 34.1 Å². The Kier molecular flexibility index (Phi) is 20.4. The molecule has 0 N–H and O–H groups in total. The van der Waals surface area contributed by atoms with E-state index in [0.29, 0.717) is 51.7 Å². The van der Waals surface area contributed by atoms with Crippen LogP contribution < -0.4 is 28.7 Å². The summed E-state index contributed by atoms with van der Waals surface area (Å²) in [6.07, 6.45) is 0. The Labute approximate surface area is 704 Å². The minimum absolute atomic E-state index is 0.444. The van der Waals surface area contributed by atoms with Crippen LogP contribution in [0.2, 0.25) is 0 Å². The largest absolute Gasteiger partial charge is 0.457 e. The Balaban J connectivity index is 0.867. The zero-order valence-corrected chi connectivity index (χ0v) is 66.1. The second kappa shape index (κ2) is 33.5.